The molecule has 1 fully saturated rings. The number of nitrogens with one attached hydrogen (secondary N) is 4. The summed E-state index contributed by atoms with van der Waals surface area (Å²) in [6.45, 7) is 22.3. The largest absolute Gasteiger partial charge is 0.379 e. The lowest BCUT2D eigenvalue weighted by Crippen LogP contribution is -2.59. The molecule has 5 amide bonds. The molecule has 0 bridgehead atoms. The highest BCUT2D eigenvalue weighted by atomic mass is 16.5. The van der Waals surface area contributed by atoms with Gasteiger partial charge in [-0.3, -0.25) is 34.2 Å². The van der Waals surface area contributed by atoms with Crippen molar-refractivity contribution < 1.29 is 38.2 Å². The fourth-order valence-electron chi connectivity index (χ4n) is 8.89. The number of carbonyl (C=O) groups is 5. The van der Waals surface area contributed by atoms with Gasteiger partial charge in [0.2, 0.25) is 29.5 Å². The molecular formula is C49H87N7O8. The van der Waals surface area contributed by atoms with Gasteiger partial charge in [0.05, 0.1) is 49.3 Å². The maximum absolute atomic E-state index is 14.4. The first-order valence-corrected chi connectivity index (χ1v) is 23.4. The zero-order valence-corrected chi connectivity index (χ0v) is 42.5. The summed E-state index contributed by atoms with van der Waals surface area (Å²) in [6.07, 6.45) is 1.57. The Kier molecular flexibility index (Phi) is 22.9. The average Bonchev–Trinajstić information content (AvgIpc) is 3.71. The Hall–Kier alpha value is -3.63. The Balaban J connectivity index is 2.32. The van der Waals surface area contributed by atoms with Gasteiger partial charge in [-0.1, -0.05) is 85.2 Å². The van der Waals surface area contributed by atoms with Crippen molar-refractivity contribution in [2.45, 2.75) is 168 Å². The van der Waals surface area contributed by atoms with E-state index in [2.05, 4.69) is 21.3 Å². The van der Waals surface area contributed by atoms with Gasteiger partial charge in [0.15, 0.2) is 0 Å². The molecule has 1 heterocycles. The predicted molar refractivity (Wildman–Crippen MR) is 253 cm³/mol. The van der Waals surface area contributed by atoms with Gasteiger partial charge < -0.3 is 40.0 Å². The number of nitrogens with zero attached hydrogens (tertiary/aromatic N) is 3. The van der Waals surface area contributed by atoms with Gasteiger partial charge in [0, 0.05) is 39.8 Å². The molecule has 1 saturated heterocycles. The maximum Gasteiger partial charge on any atom is 0.245 e. The molecule has 1 aliphatic rings. The summed E-state index contributed by atoms with van der Waals surface area (Å²) in [5, 5.41) is 12.3. The normalized spacial score (nSPS) is 18.5. The monoisotopic (exact) mass is 902 g/mol. The third kappa shape index (κ3) is 16.4. The van der Waals surface area contributed by atoms with Crippen LogP contribution in [0.2, 0.25) is 0 Å². The minimum atomic E-state index is -0.877. The molecule has 0 saturated carbocycles. The summed E-state index contributed by atoms with van der Waals surface area (Å²) in [6, 6.07) is 6.60. The Morgan fingerprint density at radius 1 is 0.859 bits per heavy atom. The van der Waals surface area contributed by atoms with Crippen molar-refractivity contribution in [2.75, 3.05) is 55.6 Å². The predicted octanol–water partition coefficient (Wildman–Crippen LogP) is 4.62. The van der Waals surface area contributed by atoms with Gasteiger partial charge in [-0.25, -0.2) is 0 Å². The van der Waals surface area contributed by atoms with Crippen LogP contribution in [0.5, 0.6) is 0 Å². The van der Waals surface area contributed by atoms with Crippen LogP contribution in [0.25, 0.3) is 0 Å². The number of amides is 5. The number of hydrogen-bond donors (Lipinski definition) is 4. The van der Waals surface area contributed by atoms with Gasteiger partial charge in [-0.2, -0.15) is 0 Å². The topological polar surface area (TPSA) is 171 Å². The van der Waals surface area contributed by atoms with Gasteiger partial charge in [-0.05, 0) is 91.4 Å². The molecule has 1 aromatic rings. The van der Waals surface area contributed by atoms with Crippen LogP contribution >= 0.6 is 0 Å². The van der Waals surface area contributed by atoms with Gasteiger partial charge in [0.1, 0.15) is 17.8 Å². The summed E-state index contributed by atoms with van der Waals surface area (Å²) in [7, 11) is 10.4. The summed E-state index contributed by atoms with van der Waals surface area (Å²) in [5.41, 5.74) is -0.247. The molecule has 15 nitrogen and oxygen atoms in total. The Morgan fingerprint density at radius 2 is 1.48 bits per heavy atom. The molecule has 2 unspecified atom stereocenters. The van der Waals surface area contributed by atoms with E-state index >= 15 is 0 Å². The van der Waals surface area contributed by atoms with Gasteiger partial charge >= 0.3 is 0 Å². The van der Waals surface area contributed by atoms with Crippen molar-refractivity contribution in [1.29, 1.82) is 0 Å². The number of hydrogen-bond acceptors (Lipinski definition) is 10. The molecule has 1 aromatic carbocycles. The Morgan fingerprint density at radius 3 is 2.00 bits per heavy atom. The molecule has 4 N–H and O–H groups in total. The van der Waals surface area contributed by atoms with Crippen molar-refractivity contribution in [3.05, 3.63) is 35.9 Å². The lowest BCUT2D eigenvalue weighted by Gasteiger charge is -2.41. The van der Waals surface area contributed by atoms with Crippen molar-refractivity contribution in [3.8, 4) is 0 Å². The fourth-order valence-corrected chi connectivity index (χ4v) is 8.89. The zero-order chi connectivity index (χ0) is 48.7. The fraction of sp³-hybridized carbons (Fsp3) is 0.776. The lowest BCUT2D eigenvalue weighted by atomic mass is 9.89. The molecule has 0 aromatic heterocycles. The molecule has 0 spiro atoms. The number of rotatable bonds is 27. The highest BCUT2D eigenvalue weighted by Crippen LogP contribution is 2.30. The first-order chi connectivity index (χ1) is 29.9. The van der Waals surface area contributed by atoms with Crippen molar-refractivity contribution in [1.82, 2.24) is 36.0 Å². The smallest absolute Gasteiger partial charge is 0.245 e. The highest BCUT2D eigenvalue weighted by molar-refractivity contribution is 5.91. The van der Waals surface area contributed by atoms with E-state index in [1.807, 2.05) is 126 Å². The quantitative estimate of drug-likeness (QED) is 0.0915. The molecular weight excluding hydrogens is 815 g/mol. The van der Waals surface area contributed by atoms with Crippen molar-refractivity contribution >= 4 is 29.5 Å². The minimum Gasteiger partial charge on any atom is -0.379 e. The van der Waals surface area contributed by atoms with Crippen LogP contribution in [0.1, 0.15) is 114 Å². The van der Waals surface area contributed by atoms with Crippen LogP contribution in [0.4, 0.5) is 0 Å². The van der Waals surface area contributed by atoms with E-state index < -0.39 is 59.6 Å². The summed E-state index contributed by atoms with van der Waals surface area (Å²) < 4.78 is 18.1. The number of ether oxygens (including phenoxy) is 3. The third-order valence-corrected chi connectivity index (χ3v) is 13.1. The summed E-state index contributed by atoms with van der Waals surface area (Å²) >= 11 is 0. The minimum absolute atomic E-state index is 0.00199. The number of likely N-dealkylation sites (N-methyl/N-ethyl adjacent to an activating group) is 2. The SMILES string of the molecule is CC[C@H](C)C(C(CC(=O)N1CCC[C@H]1[C@H](OC)[C@@H](C)C(=O)N[C@@H](Cc1ccccc1)C(=O)NC(C)(C)CCOC(C)(C)NC)OC)N(C)C(=O)[C@@H](NC(=O)[C@H](C(C)C)N(C)C)C(C)C. The van der Waals surface area contributed by atoms with E-state index in [0.29, 0.717) is 26.0 Å². The van der Waals surface area contributed by atoms with Crippen LogP contribution in [0, 0.1) is 23.7 Å². The molecule has 1 aliphatic heterocycles. The van der Waals surface area contributed by atoms with Gasteiger partial charge in [0.25, 0.3) is 0 Å². The average molecular weight is 902 g/mol. The standard InChI is InChI=1S/C49H87N7O8/c1-18-33(6)42(55(15)47(61)40(31(2)3)52-46(60)41(32(4)5)54(13)14)38(62-16)30-39(57)56-27-22-25-37(56)43(63-17)34(7)44(58)51-36(29-35-23-20-19-21-24-35)45(59)53-48(8,9)26-28-64-49(10,11)50-12/h19-21,23-24,31-34,36-38,40-43,50H,18,22,25-30H2,1-17H3,(H,51,58)(H,52,60)(H,53,59)/t33-,34+,36-,37-,38?,40-,41-,42?,43+/m0/s1. The van der Waals surface area contributed by atoms with Crippen LogP contribution in [0.15, 0.2) is 30.3 Å². The molecule has 15 heteroatoms. The molecule has 366 valence electrons. The van der Waals surface area contributed by atoms with Crippen molar-refractivity contribution in [3.63, 3.8) is 0 Å². The van der Waals surface area contributed by atoms with Crippen LogP contribution in [-0.4, -0.2) is 153 Å². The third-order valence-electron chi connectivity index (χ3n) is 13.1. The zero-order valence-electron chi connectivity index (χ0n) is 42.5. The first-order valence-electron chi connectivity index (χ1n) is 23.4. The molecule has 0 aliphatic carbocycles. The van der Waals surface area contributed by atoms with Gasteiger partial charge in [-0.15, -0.1) is 0 Å². The van der Waals surface area contributed by atoms with Crippen LogP contribution < -0.4 is 21.3 Å². The number of benzene rings is 1. The van der Waals surface area contributed by atoms with E-state index in [-0.39, 0.29) is 60.1 Å². The molecule has 2 rings (SSSR count). The summed E-state index contributed by atoms with van der Waals surface area (Å²) in [5.74, 6) is -2.21. The summed E-state index contributed by atoms with van der Waals surface area (Å²) in [4.78, 5) is 75.8. The van der Waals surface area contributed by atoms with E-state index in [1.54, 1.807) is 38.0 Å². The van der Waals surface area contributed by atoms with E-state index in [1.165, 1.54) is 0 Å². The number of methoxy groups -OCH3 is 2. The second-order valence-electron chi connectivity index (χ2n) is 20.0. The first kappa shape index (κ1) is 56.5. The van der Waals surface area contributed by atoms with E-state index in [4.69, 9.17) is 14.2 Å². The van der Waals surface area contributed by atoms with E-state index in [0.717, 1.165) is 18.4 Å². The molecule has 0 radical (unpaired) electrons. The van der Waals surface area contributed by atoms with E-state index in [9.17, 15) is 24.0 Å². The number of carbonyl (C=O) groups excluding carboxylic acids is 5. The second kappa shape index (κ2) is 25.9. The van der Waals surface area contributed by atoms with Crippen LogP contribution in [-0.2, 0) is 44.6 Å². The molecule has 9 atom stereocenters. The molecule has 64 heavy (non-hydrogen) atoms. The van der Waals surface area contributed by atoms with Crippen molar-refractivity contribution in [2.24, 2.45) is 23.7 Å². The highest BCUT2D eigenvalue weighted by Gasteiger charge is 2.44. The Bertz CT molecular complexity index is 1610. The number of likely N-dealkylation sites (tertiary alicyclic amines) is 1. The maximum atomic E-state index is 14.4. The second-order valence-corrected chi connectivity index (χ2v) is 20.0. The Labute approximate surface area is 386 Å². The van der Waals surface area contributed by atoms with Crippen LogP contribution in [0.3, 0.4) is 0 Å². The lowest BCUT2D eigenvalue weighted by molar-refractivity contribution is -0.148.